The summed E-state index contributed by atoms with van der Waals surface area (Å²) in [5.41, 5.74) is 11.6. The second-order valence-corrected chi connectivity index (χ2v) is 12.0. The highest BCUT2D eigenvalue weighted by Crippen LogP contribution is 2.48. The molecule has 10 rings (SSSR count). The first kappa shape index (κ1) is 25.9. The lowest BCUT2D eigenvalue weighted by Crippen LogP contribution is -2.00. The molecule has 1 aliphatic rings. The fourth-order valence-corrected chi connectivity index (χ4v) is 7.11. The molecule has 0 atom stereocenters. The number of nitrogens with zero attached hydrogens (tertiary/aromatic N) is 3. The molecule has 1 aliphatic carbocycles. The highest BCUT2D eigenvalue weighted by molar-refractivity contribution is 6.16. The van der Waals surface area contributed by atoms with E-state index in [4.69, 9.17) is 19.4 Å². The average Bonchev–Trinajstić information content (AvgIpc) is 3.69. The molecule has 0 saturated heterocycles. The molecule has 218 valence electrons. The number of hydrogen-bond donors (Lipinski definition) is 0. The Balaban J connectivity index is 1.21. The Bertz CT molecular complexity index is 2690. The van der Waals surface area contributed by atoms with Gasteiger partial charge in [-0.2, -0.15) is 0 Å². The van der Waals surface area contributed by atoms with E-state index >= 15 is 0 Å². The van der Waals surface area contributed by atoms with Gasteiger partial charge in [-0.25, -0.2) is 15.0 Å². The molecule has 2 heterocycles. The second-order valence-electron chi connectivity index (χ2n) is 12.0. The van der Waals surface area contributed by atoms with Gasteiger partial charge in [0.2, 0.25) is 0 Å². The zero-order valence-electron chi connectivity index (χ0n) is 25.2. The monoisotopic (exact) mass is 599 g/mol. The topological polar surface area (TPSA) is 51.8 Å². The summed E-state index contributed by atoms with van der Waals surface area (Å²) in [7, 11) is 0. The predicted octanol–water partition coefficient (Wildman–Crippen LogP) is 11.2. The lowest BCUT2D eigenvalue weighted by atomic mass is 10.0. The van der Waals surface area contributed by atoms with Crippen LogP contribution in [0.3, 0.4) is 0 Å². The van der Waals surface area contributed by atoms with Crippen molar-refractivity contribution in [2.75, 3.05) is 0 Å². The zero-order chi connectivity index (χ0) is 30.9. The molecule has 0 aliphatic heterocycles. The first-order valence-electron chi connectivity index (χ1n) is 15.8. The minimum atomic E-state index is 0.609. The molecule has 47 heavy (non-hydrogen) atoms. The normalized spacial score (nSPS) is 11.8. The third-order valence-corrected chi connectivity index (χ3v) is 9.27. The summed E-state index contributed by atoms with van der Waals surface area (Å²) in [4.78, 5) is 15.5. The number of hydrogen-bond acceptors (Lipinski definition) is 4. The van der Waals surface area contributed by atoms with E-state index in [0.717, 1.165) is 49.8 Å². The molecular weight excluding hydrogens is 574 g/mol. The van der Waals surface area contributed by atoms with Gasteiger partial charge < -0.3 is 4.42 Å². The van der Waals surface area contributed by atoms with Gasteiger partial charge in [-0.05, 0) is 68.4 Å². The third-order valence-electron chi connectivity index (χ3n) is 9.27. The molecule has 9 aromatic rings. The van der Waals surface area contributed by atoms with Crippen LogP contribution in [-0.2, 0) is 0 Å². The minimum absolute atomic E-state index is 0.609. The second kappa shape index (κ2) is 10.1. The molecule has 0 fully saturated rings. The summed E-state index contributed by atoms with van der Waals surface area (Å²) >= 11 is 0. The summed E-state index contributed by atoms with van der Waals surface area (Å²) < 4.78 is 6.25. The average molecular weight is 600 g/mol. The summed E-state index contributed by atoms with van der Waals surface area (Å²) in [5, 5.41) is 4.59. The Labute approximate surface area is 270 Å². The van der Waals surface area contributed by atoms with Gasteiger partial charge in [-0.15, -0.1) is 0 Å². The van der Waals surface area contributed by atoms with Crippen LogP contribution in [0.1, 0.15) is 0 Å². The first-order valence-corrected chi connectivity index (χ1v) is 15.8. The smallest absolute Gasteiger partial charge is 0.164 e. The molecule has 0 N–H and O–H groups in total. The van der Waals surface area contributed by atoms with Gasteiger partial charge >= 0.3 is 0 Å². The Morgan fingerprint density at radius 2 is 0.957 bits per heavy atom. The largest absolute Gasteiger partial charge is 0.456 e. The number of fused-ring (bicyclic) bond motifs is 6. The van der Waals surface area contributed by atoms with E-state index < -0.39 is 0 Å². The van der Waals surface area contributed by atoms with Crippen LogP contribution in [-0.4, -0.2) is 15.0 Å². The molecular formula is C43H25N3O. The SMILES string of the molecule is c1ccc(-c2cccc(-c3nc(-c4ccc5c(c4)-c4cccc6cccc-5c46)nc(-c4cccc5oc6ccccc6c45)n3)c2)cc1. The van der Waals surface area contributed by atoms with Crippen molar-refractivity contribution in [2.45, 2.75) is 0 Å². The lowest BCUT2D eigenvalue weighted by molar-refractivity contribution is 0.669. The van der Waals surface area contributed by atoms with Crippen molar-refractivity contribution < 1.29 is 4.42 Å². The van der Waals surface area contributed by atoms with Crippen molar-refractivity contribution >= 4 is 32.7 Å². The maximum atomic E-state index is 6.25. The van der Waals surface area contributed by atoms with Crippen molar-refractivity contribution in [2.24, 2.45) is 0 Å². The van der Waals surface area contributed by atoms with Crippen LogP contribution in [0.25, 0.3) is 100 Å². The zero-order valence-corrected chi connectivity index (χ0v) is 25.2. The van der Waals surface area contributed by atoms with Gasteiger partial charge in [0, 0.05) is 27.5 Å². The van der Waals surface area contributed by atoms with Gasteiger partial charge in [0.15, 0.2) is 17.5 Å². The van der Waals surface area contributed by atoms with Crippen LogP contribution in [0.15, 0.2) is 156 Å². The highest BCUT2D eigenvalue weighted by Gasteiger charge is 2.23. The van der Waals surface area contributed by atoms with E-state index in [-0.39, 0.29) is 0 Å². The molecule has 0 unspecified atom stereocenters. The summed E-state index contributed by atoms with van der Waals surface area (Å²) in [6.07, 6.45) is 0. The predicted molar refractivity (Wildman–Crippen MR) is 191 cm³/mol. The Morgan fingerprint density at radius 1 is 0.340 bits per heavy atom. The number of benzene rings is 7. The van der Waals surface area contributed by atoms with E-state index in [1.807, 2.05) is 36.4 Å². The molecule has 0 saturated carbocycles. The molecule has 4 nitrogen and oxygen atoms in total. The molecule has 0 bridgehead atoms. The van der Waals surface area contributed by atoms with Crippen LogP contribution in [0.2, 0.25) is 0 Å². The van der Waals surface area contributed by atoms with Crippen molar-refractivity contribution in [3.8, 4) is 67.5 Å². The number of rotatable bonds is 4. The van der Waals surface area contributed by atoms with Crippen LogP contribution in [0.5, 0.6) is 0 Å². The number of furan rings is 1. The standard InChI is InChI=1S/C43H25N3O/c1-2-10-26(11-3-1)28-14-6-15-29(24-28)41-44-42(30-22-23-31-32-17-7-12-27-13-8-18-33(39(27)32)36(31)25-30)46-43(45-41)35-19-9-21-38-40(35)34-16-4-5-20-37(34)47-38/h1-25H. The van der Waals surface area contributed by atoms with Crippen LogP contribution >= 0.6 is 0 Å². The van der Waals surface area contributed by atoms with Gasteiger partial charge in [0.25, 0.3) is 0 Å². The van der Waals surface area contributed by atoms with E-state index in [0.29, 0.717) is 17.5 Å². The van der Waals surface area contributed by atoms with Gasteiger partial charge in [-0.1, -0.05) is 127 Å². The van der Waals surface area contributed by atoms with Crippen molar-refractivity contribution in [1.29, 1.82) is 0 Å². The Hall–Kier alpha value is -6.39. The Kier molecular flexibility index (Phi) is 5.54. The van der Waals surface area contributed by atoms with E-state index in [1.54, 1.807) is 0 Å². The molecule has 0 amide bonds. The van der Waals surface area contributed by atoms with Gasteiger partial charge in [-0.3, -0.25) is 0 Å². The van der Waals surface area contributed by atoms with Crippen molar-refractivity contribution in [1.82, 2.24) is 15.0 Å². The van der Waals surface area contributed by atoms with Crippen LogP contribution in [0, 0.1) is 0 Å². The first-order chi connectivity index (χ1) is 23.3. The number of para-hydroxylation sites is 1. The third kappa shape index (κ3) is 4.05. The van der Waals surface area contributed by atoms with Crippen LogP contribution < -0.4 is 0 Å². The fraction of sp³-hybridized carbons (Fsp3) is 0. The quantitative estimate of drug-likeness (QED) is 0.202. The van der Waals surface area contributed by atoms with E-state index in [9.17, 15) is 0 Å². The molecule has 7 aromatic carbocycles. The Morgan fingerprint density at radius 3 is 1.81 bits per heavy atom. The number of aromatic nitrogens is 3. The van der Waals surface area contributed by atoms with E-state index in [2.05, 4.69) is 115 Å². The lowest BCUT2D eigenvalue weighted by Gasteiger charge is -2.11. The van der Waals surface area contributed by atoms with Gasteiger partial charge in [0.05, 0.1) is 0 Å². The molecule has 4 heteroatoms. The van der Waals surface area contributed by atoms with Crippen molar-refractivity contribution in [3.63, 3.8) is 0 Å². The van der Waals surface area contributed by atoms with Crippen LogP contribution in [0.4, 0.5) is 0 Å². The summed E-state index contributed by atoms with van der Waals surface area (Å²) in [6, 6.07) is 52.7. The van der Waals surface area contributed by atoms with E-state index in [1.165, 1.54) is 33.0 Å². The fourth-order valence-electron chi connectivity index (χ4n) is 7.11. The summed E-state index contributed by atoms with van der Waals surface area (Å²) in [5.74, 6) is 1.86. The highest BCUT2D eigenvalue weighted by atomic mass is 16.3. The molecule has 0 radical (unpaired) electrons. The maximum absolute atomic E-state index is 6.25. The minimum Gasteiger partial charge on any atom is -0.456 e. The maximum Gasteiger partial charge on any atom is 0.164 e. The van der Waals surface area contributed by atoms with Crippen molar-refractivity contribution in [3.05, 3.63) is 152 Å². The summed E-state index contributed by atoms with van der Waals surface area (Å²) in [6.45, 7) is 0. The van der Waals surface area contributed by atoms with Gasteiger partial charge in [0.1, 0.15) is 11.2 Å². The molecule has 0 spiro atoms. The molecule has 2 aromatic heterocycles.